The third-order valence-corrected chi connectivity index (χ3v) is 3.72. The summed E-state index contributed by atoms with van der Waals surface area (Å²) in [5.74, 6) is 0.511. The molecule has 2 aliphatic rings. The average Bonchev–Trinajstić information content (AvgIpc) is 2.47. The zero-order valence-corrected chi connectivity index (χ0v) is 8.71. The summed E-state index contributed by atoms with van der Waals surface area (Å²) in [6, 6.07) is 0. The molecule has 0 aromatic carbocycles. The highest BCUT2D eigenvalue weighted by Gasteiger charge is 2.47. The van der Waals surface area contributed by atoms with Crippen LogP contribution in [0, 0.1) is 17.3 Å². The van der Waals surface area contributed by atoms with Gasteiger partial charge in [0.1, 0.15) is 5.78 Å². The molecule has 2 atom stereocenters. The normalized spacial score (nSPS) is 36.1. The minimum Gasteiger partial charge on any atom is -0.465 e. The van der Waals surface area contributed by atoms with E-state index in [9.17, 15) is 9.59 Å². The summed E-state index contributed by atoms with van der Waals surface area (Å²) in [4.78, 5) is 23.2. The van der Waals surface area contributed by atoms with E-state index < -0.39 is 5.41 Å². The van der Waals surface area contributed by atoms with E-state index in [1.165, 1.54) is 0 Å². The summed E-state index contributed by atoms with van der Waals surface area (Å²) in [5, 5.41) is 0. The molecule has 0 aromatic heterocycles. The summed E-state index contributed by atoms with van der Waals surface area (Å²) < 4.78 is 5.14. The Kier molecular flexibility index (Phi) is 2.13. The molecule has 0 radical (unpaired) electrons. The maximum Gasteiger partial charge on any atom is 0.311 e. The first-order valence-corrected chi connectivity index (χ1v) is 5.21. The Balaban J connectivity index is 2.26. The number of Topliss-reactive ketones (excluding diaryl/α,β-unsaturated/α-hetero) is 1. The number of hydrogen-bond donors (Lipinski definition) is 0. The molecular weight excluding hydrogens is 180 g/mol. The molecule has 3 nitrogen and oxygen atoms in total. The lowest BCUT2D eigenvalue weighted by Crippen LogP contribution is -2.35. The summed E-state index contributed by atoms with van der Waals surface area (Å²) in [6.07, 6.45) is 2.16. The largest absolute Gasteiger partial charge is 0.465 e. The monoisotopic (exact) mass is 196 g/mol. The van der Waals surface area contributed by atoms with E-state index in [2.05, 4.69) is 0 Å². The summed E-state index contributed by atoms with van der Waals surface area (Å²) in [6.45, 7) is 4.19. The Hall–Kier alpha value is -0.860. The fourth-order valence-electron chi connectivity index (χ4n) is 2.44. The molecule has 0 N–H and O–H groups in total. The van der Waals surface area contributed by atoms with Gasteiger partial charge in [-0.1, -0.05) is 0 Å². The highest BCUT2D eigenvalue weighted by atomic mass is 16.5. The van der Waals surface area contributed by atoms with E-state index >= 15 is 0 Å². The zero-order chi connectivity index (χ0) is 10.3. The highest BCUT2D eigenvalue weighted by molar-refractivity contribution is 5.86. The predicted molar refractivity (Wildman–Crippen MR) is 50.6 cm³/mol. The maximum atomic E-state index is 11.6. The second-order valence-electron chi connectivity index (χ2n) is 4.95. The lowest BCUT2D eigenvalue weighted by atomic mass is 9.77. The van der Waals surface area contributed by atoms with Gasteiger partial charge in [-0.3, -0.25) is 9.59 Å². The van der Waals surface area contributed by atoms with Crippen LogP contribution in [-0.4, -0.2) is 18.4 Å². The second-order valence-corrected chi connectivity index (χ2v) is 4.95. The number of carbonyl (C=O) groups is 2. The van der Waals surface area contributed by atoms with Gasteiger partial charge in [0, 0.05) is 12.3 Å². The third-order valence-electron chi connectivity index (χ3n) is 3.72. The van der Waals surface area contributed by atoms with Gasteiger partial charge in [0.05, 0.1) is 12.0 Å². The van der Waals surface area contributed by atoms with Crippen molar-refractivity contribution in [2.75, 3.05) is 6.61 Å². The van der Waals surface area contributed by atoms with Crippen molar-refractivity contribution in [2.24, 2.45) is 17.3 Å². The standard InChI is InChI=1S/C11H16O3/c1-11(2)8-5-7(9(12)6-8)3-4-14-10(11)13/h7-8H,3-6H2,1-2H3/t7-,8+/m0/s1. The molecule has 0 amide bonds. The maximum absolute atomic E-state index is 11.6. The minimum absolute atomic E-state index is 0.143. The van der Waals surface area contributed by atoms with E-state index in [0.717, 1.165) is 12.8 Å². The molecule has 0 spiro atoms. The molecule has 1 saturated carbocycles. The van der Waals surface area contributed by atoms with E-state index in [4.69, 9.17) is 4.74 Å². The van der Waals surface area contributed by atoms with E-state index in [0.29, 0.717) is 18.8 Å². The number of fused-ring (bicyclic) bond motifs is 2. The Morgan fingerprint density at radius 2 is 2.07 bits per heavy atom. The second kappa shape index (κ2) is 3.07. The van der Waals surface area contributed by atoms with E-state index in [1.807, 2.05) is 13.8 Å². The molecular formula is C11H16O3. The highest BCUT2D eigenvalue weighted by Crippen LogP contribution is 2.43. The number of esters is 1. The lowest BCUT2D eigenvalue weighted by Gasteiger charge is -2.30. The molecule has 2 bridgehead atoms. The van der Waals surface area contributed by atoms with Crippen molar-refractivity contribution < 1.29 is 14.3 Å². The van der Waals surface area contributed by atoms with Crippen LogP contribution < -0.4 is 0 Å². The Morgan fingerprint density at radius 3 is 2.79 bits per heavy atom. The minimum atomic E-state index is -0.481. The van der Waals surface area contributed by atoms with E-state index in [1.54, 1.807) is 0 Å². The number of ether oxygens (including phenoxy) is 1. The van der Waals surface area contributed by atoms with Gasteiger partial charge in [-0.05, 0) is 32.6 Å². The molecule has 1 saturated heterocycles. The molecule has 14 heavy (non-hydrogen) atoms. The topological polar surface area (TPSA) is 43.4 Å². The van der Waals surface area contributed by atoms with Crippen LogP contribution in [0.3, 0.4) is 0 Å². The summed E-state index contributed by atoms with van der Waals surface area (Å²) in [5.41, 5.74) is -0.481. The van der Waals surface area contributed by atoms with Crippen LogP contribution >= 0.6 is 0 Å². The van der Waals surface area contributed by atoms with Crippen LogP contribution in [-0.2, 0) is 14.3 Å². The fourth-order valence-corrected chi connectivity index (χ4v) is 2.44. The number of carbonyl (C=O) groups excluding carboxylic acids is 2. The van der Waals surface area contributed by atoms with Crippen molar-refractivity contribution in [2.45, 2.75) is 33.1 Å². The van der Waals surface area contributed by atoms with Gasteiger partial charge in [-0.15, -0.1) is 0 Å². The number of cyclic esters (lactones) is 1. The molecule has 3 heteroatoms. The van der Waals surface area contributed by atoms with Crippen molar-refractivity contribution >= 4 is 11.8 Å². The van der Waals surface area contributed by atoms with Crippen LogP contribution in [0.25, 0.3) is 0 Å². The van der Waals surface area contributed by atoms with E-state index in [-0.39, 0.29) is 17.8 Å². The first-order chi connectivity index (χ1) is 6.51. The predicted octanol–water partition coefficient (Wildman–Crippen LogP) is 1.55. The summed E-state index contributed by atoms with van der Waals surface area (Å²) in [7, 11) is 0. The van der Waals surface area contributed by atoms with Crippen LogP contribution in [0.5, 0.6) is 0 Å². The molecule has 78 valence electrons. The van der Waals surface area contributed by atoms with Gasteiger partial charge in [-0.2, -0.15) is 0 Å². The van der Waals surface area contributed by atoms with Gasteiger partial charge < -0.3 is 4.74 Å². The van der Waals surface area contributed by atoms with Crippen molar-refractivity contribution in [3.8, 4) is 0 Å². The van der Waals surface area contributed by atoms with Gasteiger partial charge in [0.2, 0.25) is 0 Å². The van der Waals surface area contributed by atoms with Crippen LogP contribution in [0.2, 0.25) is 0 Å². The summed E-state index contributed by atoms with van der Waals surface area (Å²) >= 11 is 0. The molecule has 1 aliphatic heterocycles. The smallest absolute Gasteiger partial charge is 0.311 e. The van der Waals surface area contributed by atoms with Crippen LogP contribution in [0.4, 0.5) is 0 Å². The Labute approximate surface area is 83.8 Å². The molecule has 2 rings (SSSR count). The Bertz CT molecular complexity index is 280. The van der Waals surface area contributed by atoms with Gasteiger partial charge in [-0.25, -0.2) is 0 Å². The van der Waals surface area contributed by atoms with Crippen molar-refractivity contribution in [1.29, 1.82) is 0 Å². The SMILES string of the molecule is CC1(C)C(=O)OCC[C@H]2C[C@@H]1CC2=O. The third kappa shape index (κ3) is 1.35. The first-order valence-electron chi connectivity index (χ1n) is 5.21. The first kappa shape index (κ1) is 9.69. The molecule has 0 aromatic rings. The van der Waals surface area contributed by atoms with Gasteiger partial charge in [0.15, 0.2) is 0 Å². The molecule has 2 fully saturated rings. The van der Waals surface area contributed by atoms with Crippen LogP contribution in [0.1, 0.15) is 33.1 Å². The average molecular weight is 196 g/mol. The number of rotatable bonds is 0. The van der Waals surface area contributed by atoms with Crippen molar-refractivity contribution in [1.82, 2.24) is 0 Å². The lowest BCUT2D eigenvalue weighted by molar-refractivity contribution is -0.158. The van der Waals surface area contributed by atoms with Gasteiger partial charge in [0.25, 0.3) is 0 Å². The van der Waals surface area contributed by atoms with Crippen LogP contribution in [0.15, 0.2) is 0 Å². The molecule has 0 unspecified atom stereocenters. The number of hydrogen-bond acceptors (Lipinski definition) is 3. The molecule has 1 aliphatic carbocycles. The van der Waals surface area contributed by atoms with Crippen molar-refractivity contribution in [3.63, 3.8) is 0 Å². The Morgan fingerprint density at radius 1 is 1.36 bits per heavy atom. The van der Waals surface area contributed by atoms with Gasteiger partial charge >= 0.3 is 5.97 Å². The van der Waals surface area contributed by atoms with Crippen molar-refractivity contribution in [3.05, 3.63) is 0 Å². The molecule has 1 heterocycles. The zero-order valence-electron chi connectivity index (χ0n) is 8.71. The quantitative estimate of drug-likeness (QED) is 0.552. The fraction of sp³-hybridized carbons (Fsp3) is 0.818. The number of ketones is 1.